The molecule has 1 saturated carbocycles. The van der Waals surface area contributed by atoms with E-state index in [0.717, 1.165) is 37.3 Å². The minimum Gasteiger partial charge on any atom is -0.350 e. The summed E-state index contributed by atoms with van der Waals surface area (Å²) < 4.78 is 0. The summed E-state index contributed by atoms with van der Waals surface area (Å²) in [5, 5.41) is 9.15. The molecule has 0 bridgehead atoms. The Kier molecular flexibility index (Phi) is 7.03. The minimum absolute atomic E-state index is 0. The van der Waals surface area contributed by atoms with Crippen LogP contribution in [0, 0.1) is 17.3 Å². The van der Waals surface area contributed by atoms with Crippen LogP contribution in [0.25, 0.3) is 0 Å². The van der Waals surface area contributed by atoms with Gasteiger partial charge in [-0.2, -0.15) is 0 Å². The van der Waals surface area contributed by atoms with Crippen LogP contribution in [-0.2, 0) is 9.59 Å². The first-order valence-corrected chi connectivity index (χ1v) is 10.3. The highest BCUT2D eigenvalue weighted by molar-refractivity contribution is 6.09. The van der Waals surface area contributed by atoms with E-state index in [1.54, 1.807) is 0 Å². The van der Waals surface area contributed by atoms with Crippen LogP contribution in [-0.4, -0.2) is 54.0 Å². The van der Waals surface area contributed by atoms with Crippen molar-refractivity contribution in [2.24, 2.45) is 17.3 Å². The van der Waals surface area contributed by atoms with Gasteiger partial charge in [0.15, 0.2) is 0 Å². The van der Waals surface area contributed by atoms with Crippen LogP contribution < -0.4 is 16.0 Å². The molecule has 0 aromatic heterocycles. The van der Waals surface area contributed by atoms with E-state index in [9.17, 15) is 14.4 Å². The summed E-state index contributed by atoms with van der Waals surface area (Å²) in [7, 11) is 0. The molecule has 160 valence electrons. The summed E-state index contributed by atoms with van der Waals surface area (Å²) >= 11 is 0. The zero-order valence-corrected chi connectivity index (χ0v) is 18.3. The lowest BCUT2D eigenvalue weighted by atomic mass is 9.67. The van der Waals surface area contributed by atoms with E-state index in [0.29, 0.717) is 24.7 Å². The summed E-state index contributed by atoms with van der Waals surface area (Å²) in [6, 6.07) is -0.387. The minimum atomic E-state index is -0.807. The fourth-order valence-corrected chi connectivity index (χ4v) is 4.71. The van der Waals surface area contributed by atoms with Crippen molar-refractivity contribution in [3.8, 4) is 0 Å². The second-order valence-corrected chi connectivity index (χ2v) is 9.69. The summed E-state index contributed by atoms with van der Waals surface area (Å²) in [5.41, 5.74) is -0.601. The van der Waals surface area contributed by atoms with Crippen molar-refractivity contribution in [3.63, 3.8) is 0 Å². The van der Waals surface area contributed by atoms with Crippen LogP contribution in [0.4, 0.5) is 4.79 Å². The summed E-state index contributed by atoms with van der Waals surface area (Å²) in [5.74, 6) is 0.437. The van der Waals surface area contributed by atoms with E-state index >= 15 is 0 Å². The Balaban J connectivity index is 0.00000280. The molecule has 2 heterocycles. The first-order chi connectivity index (χ1) is 12.6. The maximum atomic E-state index is 13.0. The highest BCUT2D eigenvalue weighted by Gasteiger charge is 2.53. The predicted molar refractivity (Wildman–Crippen MR) is 110 cm³/mol. The number of piperidine rings is 1. The molecule has 28 heavy (non-hydrogen) atoms. The molecular formula is C20H35ClN4O3. The van der Waals surface area contributed by atoms with E-state index < -0.39 is 11.6 Å². The molecule has 3 fully saturated rings. The molecule has 2 saturated heterocycles. The van der Waals surface area contributed by atoms with Gasteiger partial charge in [0.05, 0.1) is 0 Å². The molecule has 0 radical (unpaired) electrons. The van der Waals surface area contributed by atoms with E-state index in [2.05, 4.69) is 43.6 Å². The van der Waals surface area contributed by atoms with Gasteiger partial charge < -0.3 is 16.0 Å². The Hall–Kier alpha value is -1.34. The summed E-state index contributed by atoms with van der Waals surface area (Å²) in [6.07, 6.45) is 4.15. The average molecular weight is 415 g/mol. The van der Waals surface area contributed by atoms with Crippen molar-refractivity contribution in [2.75, 3.05) is 19.6 Å². The Morgan fingerprint density at radius 2 is 1.86 bits per heavy atom. The zero-order valence-electron chi connectivity index (χ0n) is 17.5. The van der Waals surface area contributed by atoms with Gasteiger partial charge in [-0.3, -0.25) is 14.5 Å². The maximum Gasteiger partial charge on any atom is 0.325 e. The van der Waals surface area contributed by atoms with Gasteiger partial charge in [0, 0.05) is 12.6 Å². The lowest BCUT2D eigenvalue weighted by Gasteiger charge is -2.40. The number of halogens is 1. The number of hydrogen-bond acceptors (Lipinski definition) is 4. The van der Waals surface area contributed by atoms with Crippen molar-refractivity contribution >= 4 is 30.3 Å². The molecule has 0 aromatic carbocycles. The number of carbonyl (C=O) groups is 3. The van der Waals surface area contributed by atoms with Crippen LogP contribution in [0.3, 0.4) is 0 Å². The Morgan fingerprint density at radius 1 is 1.21 bits per heavy atom. The summed E-state index contributed by atoms with van der Waals surface area (Å²) in [4.78, 5) is 39.0. The standard InChI is InChI=1S/C20H34N4O3.ClH/c1-13-7-10-21-11-15(13)22-16(25)12-24-17(26)20(23-18(24)27)8-5-14(6-9-20)19(2,3)4;/h13-15,21H,5-12H2,1-4H3,(H,22,25)(H,23,27);1H. The number of nitrogens with zero attached hydrogens (tertiary/aromatic N) is 1. The highest BCUT2D eigenvalue weighted by atomic mass is 35.5. The van der Waals surface area contributed by atoms with Crippen molar-refractivity contribution in [3.05, 3.63) is 0 Å². The van der Waals surface area contributed by atoms with Crippen LogP contribution in [0.2, 0.25) is 0 Å². The van der Waals surface area contributed by atoms with E-state index in [-0.39, 0.29) is 42.2 Å². The summed E-state index contributed by atoms with van der Waals surface area (Å²) in [6.45, 7) is 10.3. The third-order valence-corrected chi connectivity index (χ3v) is 6.79. The van der Waals surface area contributed by atoms with Crippen molar-refractivity contribution in [1.29, 1.82) is 0 Å². The van der Waals surface area contributed by atoms with Gasteiger partial charge in [-0.1, -0.05) is 27.7 Å². The normalized spacial score (nSPS) is 33.4. The van der Waals surface area contributed by atoms with Gasteiger partial charge in [-0.25, -0.2) is 4.79 Å². The molecule has 7 nitrogen and oxygen atoms in total. The molecule has 3 rings (SSSR count). The van der Waals surface area contributed by atoms with Crippen molar-refractivity contribution in [2.45, 2.75) is 71.4 Å². The number of urea groups is 1. The van der Waals surface area contributed by atoms with E-state index in [1.807, 2.05) is 0 Å². The molecule has 3 N–H and O–H groups in total. The van der Waals surface area contributed by atoms with Gasteiger partial charge in [0.25, 0.3) is 5.91 Å². The highest BCUT2D eigenvalue weighted by Crippen LogP contribution is 2.43. The molecule has 2 unspecified atom stereocenters. The first kappa shape index (κ1) is 22.9. The van der Waals surface area contributed by atoms with Gasteiger partial charge in [-0.15, -0.1) is 12.4 Å². The second kappa shape index (κ2) is 8.57. The van der Waals surface area contributed by atoms with Crippen LogP contribution in [0.15, 0.2) is 0 Å². The van der Waals surface area contributed by atoms with Gasteiger partial charge >= 0.3 is 6.03 Å². The maximum absolute atomic E-state index is 13.0. The third-order valence-electron chi connectivity index (χ3n) is 6.79. The van der Waals surface area contributed by atoms with Gasteiger partial charge in [-0.05, 0) is 55.9 Å². The van der Waals surface area contributed by atoms with Crippen LogP contribution in [0.1, 0.15) is 59.8 Å². The lowest BCUT2D eigenvalue weighted by Crippen LogP contribution is -2.53. The largest absolute Gasteiger partial charge is 0.350 e. The van der Waals surface area contributed by atoms with Gasteiger partial charge in [0.1, 0.15) is 12.1 Å². The van der Waals surface area contributed by atoms with Crippen molar-refractivity contribution in [1.82, 2.24) is 20.9 Å². The predicted octanol–water partition coefficient (Wildman–Crippen LogP) is 2.05. The van der Waals surface area contributed by atoms with E-state index in [4.69, 9.17) is 0 Å². The number of rotatable bonds is 3. The molecule has 1 aliphatic carbocycles. The molecule has 1 spiro atoms. The average Bonchev–Trinajstić information content (AvgIpc) is 2.81. The first-order valence-electron chi connectivity index (χ1n) is 10.3. The second-order valence-electron chi connectivity index (χ2n) is 9.69. The SMILES string of the molecule is CC1CCNCC1NC(=O)CN1C(=O)NC2(CCC(C(C)(C)C)CC2)C1=O.Cl. The number of amides is 4. The fraction of sp³-hybridized carbons (Fsp3) is 0.850. The molecule has 2 atom stereocenters. The number of carbonyl (C=O) groups excluding carboxylic acids is 3. The monoisotopic (exact) mass is 414 g/mol. The Labute approximate surface area is 174 Å². The smallest absolute Gasteiger partial charge is 0.325 e. The van der Waals surface area contributed by atoms with Crippen LogP contribution in [0.5, 0.6) is 0 Å². The molecule has 8 heteroatoms. The fourth-order valence-electron chi connectivity index (χ4n) is 4.71. The number of imide groups is 1. The van der Waals surface area contributed by atoms with Gasteiger partial charge in [0.2, 0.25) is 5.91 Å². The molecule has 3 aliphatic rings. The molecular weight excluding hydrogens is 380 g/mol. The quantitative estimate of drug-likeness (QED) is 0.616. The molecule has 0 aromatic rings. The molecule has 2 aliphatic heterocycles. The van der Waals surface area contributed by atoms with Crippen molar-refractivity contribution < 1.29 is 14.4 Å². The Bertz CT molecular complexity index is 611. The lowest BCUT2D eigenvalue weighted by molar-refractivity contribution is -0.136. The number of hydrogen-bond donors (Lipinski definition) is 3. The third kappa shape index (κ3) is 4.62. The number of nitrogens with one attached hydrogen (secondary N) is 3. The van der Waals surface area contributed by atoms with E-state index in [1.165, 1.54) is 0 Å². The topological polar surface area (TPSA) is 90.5 Å². The van der Waals surface area contributed by atoms with Crippen LogP contribution >= 0.6 is 12.4 Å². The Morgan fingerprint density at radius 3 is 2.43 bits per heavy atom. The molecule has 4 amide bonds. The zero-order chi connectivity index (χ0) is 19.8.